The lowest BCUT2D eigenvalue weighted by Crippen LogP contribution is -2.48. The van der Waals surface area contributed by atoms with Crippen LogP contribution in [0.4, 0.5) is 5.69 Å². The van der Waals surface area contributed by atoms with E-state index in [1.165, 1.54) is 12.8 Å². The predicted octanol–water partition coefficient (Wildman–Crippen LogP) is 1.28. The van der Waals surface area contributed by atoms with Crippen LogP contribution in [-0.2, 0) is 9.53 Å². The van der Waals surface area contributed by atoms with Crippen LogP contribution in [0.2, 0.25) is 0 Å². The van der Waals surface area contributed by atoms with Crippen molar-refractivity contribution in [1.29, 1.82) is 0 Å². The average Bonchev–Trinajstić information content (AvgIpc) is 3.16. The first-order valence-electron chi connectivity index (χ1n) is 8.95. The molecule has 3 rings (SSSR count). The van der Waals surface area contributed by atoms with Gasteiger partial charge in [0.1, 0.15) is 6.04 Å². The summed E-state index contributed by atoms with van der Waals surface area (Å²) in [6.45, 7) is 5.50. The Bertz CT molecular complexity index is 589. The van der Waals surface area contributed by atoms with Gasteiger partial charge in [0.15, 0.2) is 0 Å². The van der Waals surface area contributed by atoms with Crippen molar-refractivity contribution in [3.8, 4) is 0 Å². The van der Waals surface area contributed by atoms with Crippen LogP contribution in [-0.4, -0.2) is 68.7 Å². The monoisotopic (exact) mass is 418 g/mol. The van der Waals surface area contributed by atoms with E-state index < -0.39 is 0 Å². The van der Waals surface area contributed by atoms with Crippen LogP contribution in [0.15, 0.2) is 24.3 Å². The summed E-state index contributed by atoms with van der Waals surface area (Å²) in [7, 11) is 0. The second-order valence-corrected chi connectivity index (χ2v) is 6.45. The van der Waals surface area contributed by atoms with Crippen molar-refractivity contribution < 1.29 is 14.3 Å². The van der Waals surface area contributed by atoms with Crippen molar-refractivity contribution in [2.45, 2.75) is 18.9 Å². The molecule has 3 N–H and O–H groups in total. The Hall–Kier alpha value is -1.38. The highest BCUT2D eigenvalue weighted by molar-refractivity contribution is 5.97. The summed E-state index contributed by atoms with van der Waals surface area (Å²) < 4.78 is 5.29. The number of rotatable bonds is 6. The first-order valence-corrected chi connectivity index (χ1v) is 8.95. The van der Waals surface area contributed by atoms with Gasteiger partial charge in [0.05, 0.1) is 13.2 Å². The molecule has 2 aliphatic heterocycles. The number of halogens is 2. The van der Waals surface area contributed by atoms with Gasteiger partial charge in [0, 0.05) is 30.9 Å². The lowest BCUT2D eigenvalue weighted by atomic mass is 10.2. The molecule has 9 heteroatoms. The van der Waals surface area contributed by atoms with Gasteiger partial charge in [0.25, 0.3) is 5.91 Å². The molecular formula is C18H28Cl2N4O3. The topological polar surface area (TPSA) is 82.7 Å². The molecule has 0 aromatic heterocycles. The summed E-state index contributed by atoms with van der Waals surface area (Å²) in [5.74, 6) is -0.207. The van der Waals surface area contributed by atoms with Crippen LogP contribution in [0.3, 0.4) is 0 Å². The Labute approximate surface area is 172 Å². The smallest absolute Gasteiger partial charge is 0.251 e. The van der Waals surface area contributed by atoms with Crippen molar-refractivity contribution in [1.82, 2.24) is 15.5 Å². The van der Waals surface area contributed by atoms with E-state index in [-0.39, 0.29) is 42.7 Å². The minimum Gasteiger partial charge on any atom is -0.378 e. The summed E-state index contributed by atoms with van der Waals surface area (Å²) in [6.07, 6.45) is 2.51. The van der Waals surface area contributed by atoms with Gasteiger partial charge in [-0.3, -0.25) is 9.59 Å². The Morgan fingerprint density at radius 3 is 2.48 bits per heavy atom. The van der Waals surface area contributed by atoms with Crippen LogP contribution >= 0.6 is 24.8 Å². The van der Waals surface area contributed by atoms with Crippen molar-refractivity contribution in [2.24, 2.45) is 0 Å². The van der Waals surface area contributed by atoms with Crippen LogP contribution in [0.5, 0.6) is 0 Å². The number of hydrogen-bond donors (Lipinski definition) is 3. The fourth-order valence-electron chi connectivity index (χ4n) is 3.10. The summed E-state index contributed by atoms with van der Waals surface area (Å²) in [4.78, 5) is 26.6. The summed E-state index contributed by atoms with van der Waals surface area (Å²) in [5.41, 5.74) is 1.27. The van der Waals surface area contributed by atoms with Crippen molar-refractivity contribution in [3.05, 3.63) is 29.8 Å². The molecule has 2 aliphatic rings. The molecule has 152 valence electrons. The molecule has 0 spiro atoms. The standard InChI is InChI=1S/C18H26N4O3.2ClH/c23-17(20-7-11-22-9-1-2-10-22)14-3-5-15(6-4-14)21-18(24)16-13-25-12-8-19-16;;/h3-6,16,19H,1-2,7-13H2,(H,20,23)(H,21,24);2*1H. The zero-order chi connectivity index (χ0) is 17.5. The Morgan fingerprint density at radius 1 is 1.15 bits per heavy atom. The summed E-state index contributed by atoms with van der Waals surface area (Å²) in [5, 5.41) is 8.89. The Balaban J connectivity index is 0.00000182. The van der Waals surface area contributed by atoms with Crippen molar-refractivity contribution in [2.75, 3.05) is 51.3 Å². The number of amides is 2. The van der Waals surface area contributed by atoms with Crippen LogP contribution in [0.25, 0.3) is 0 Å². The largest absolute Gasteiger partial charge is 0.378 e. The van der Waals surface area contributed by atoms with Gasteiger partial charge in [-0.05, 0) is 50.2 Å². The van der Waals surface area contributed by atoms with E-state index in [4.69, 9.17) is 4.74 Å². The predicted molar refractivity (Wildman–Crippen MR) is 110 cm³/mol. The molecule has 1 aromatic rings. The molecule has 1 aromatic carbocycles. The third-order valence-corrected chi connectivity index (χ3v) is 4.57. The number of ether oxygens (including phenoxy) is 1. The number of morpholine rings is 1. The molecule has 1 unspecified atom stereocenters. The number of anilines is 1. The number of likely N-dealkylation sites (tertiary alicyclic amines) is 1. The van der Waals surface area contributed by atoms with Crippen molar-refractivity contribution in [3.63, 3.8) is 0 Å². The second-order valence-electron chi connectivity index (χ2n) is 6.45. The summed E-state index contributed by atoms with van der Waals surface area (Å²) in [6, 6.07) is 6.62. The van der Waals surface area contributed by atoms with E-state index in [0.717, 1.165) is 19.6 Å². The third-order valence-electron chi connectivity index (χ3n) is 4.57. The maximum Gasteiger partial charge on any atom is 0.251 e. The number of nitrogens with zero attached hydrogens (tertiary/aromatic N) is 1. The Morgan fingerprint density at radius 2 is 1.85 bits per heavy atom. The SMILES string of the molecule is Cl.Cl.O=C(NCCN1CCCC1)c1ccc(NC(=O)C2COCCN2)cc1. The molecule has 0 bridgehead atoms. The minimum absolute atomic E-state index is 0. The number of carbonyl (C=O) groups excluding carboxylic acids is 2. The van der Waals surface area contributed by atoms with Gasteiger partial charge in [-0.1, -0.05) is 0 Å². The van der Waals surface area contributed by atoms with E-state index >= 15 is 0 Å². The average molecular weight is 419 g/mol. The van der Waals surface area contributed by atoms with Crippen molar-refractivity contribution >= 4 is 42.3 Å². The highest BCUT2D eigenvalue weighted by atomic mass is 35.5. The molecule has 2 fully saturated rings. The lowest BCUT2D eigenvalue weighted by Gasteiger charge is -2.22. The molecule has 1 atom stereocenters. The van der Waals surface area contributed by atoms with Gasteiger partial charge in [-0.25, -0.2) is 0 Å². The van der Waals surface area contributed by atoms with Gasteiger partial charge in [0.2, 0.25) is 5.91 Å². The molecular weight excluding hydrogens is 391 g/mol. The number of carbonyl (C=O) groups is 2. The van der Waals surface area contributed by atoms with E-state index in [0.29, 0.717) is 37.6 Å². The molecule has 27 heavy (non-hydrogen) atoms. The zero-order valence-corrected chi connectivity index (χ0v) is 16.9. The van der Waals surface area contributed by atoms with Crippen LogP contribution < -0.4 is 16.0 Å². The van der Waals surface area contributed by atoms with Gasteiger partial charge in [-0.2, -0.15) is 0 Å². The molecule has 0 saturated carbocycles. The molecule has 0 radical (unpaired) electrons. The first-order chi connectivity index (χ1) is 12.2. The van der Waals surface area contributed by atoms with E-state index in [9.17, 15) is 9.59 Å². The first kappa shape index (κ1) is 23.7. The van der Waals surface area contributed by atoms with E-state index in [2.05, 4.69) is 20.9 Å². The highest BCUT2D eigenvalue weighted by Crippen LogP contribution is 2.11. The summed E-state index contributed by atoms with van der Waals surface area (Å²) >= 11 is 0. The lowest BCUT2D eigenvalue weighted by molar-refractivity contribution is -0.120. The fourth-order valence-corrected chi connectivity index (χ4v) is 3.10. The number of benzene rings is 1. The molecule has 2 saturated heterocycles. The van der Waals surface area contributed by atoms with Gasteiger partial charge >= 0.3 is 0 Å². The third kappa shape index (κ3) is 7.27. The zero-order valence-electron chi connectivity index (χ0n) is 15.2. The van der Waals surface area contributed by atoms with Crippen LogP contribution in [0, 0.1) is 0 Å². The van der Waals surface area contributed by atoms with Gasteiger partial charge < -0.3 is 25.6 Å². The molecule has 0 aliphatic carbocycles. The molecule has 7 nitrogen and oxygen atoms in total. The molecule has 2 heterocycles. The quantitative estimate of drug-likeness (QED) is 0.647. The second kappa shape index (κ2) is 12.2. The normalized spacial score (nSPS) is 19.5. The highest BCUT2D eigenvalue weighted by Gasteiger charge is 2.21. The molecule has 2 amide bonds. The minimum atomic E-state index is -0.331. The van der Waals surface area contributed by atoms with Gasteiger partial charge in [-0.15, -0.1) is 24.8 Å². The Kier molecular flexibility index (Phi) is 10.6. The number of nitrogens with one attached hydrogen (secondary N) is 3. The maximum absolute atomic E-state index is 12.2. The van der Waals surface area contributed by atoms with E-state index in [1.807, 2.05) is 0 Å². The van der Waals surface area contributed by atoms with E-state index in [1.54, 1.807) is 24.3 Å². The fraction of sp³-hybridized carbons (Fsp3) is 0.556. The maximum atomic E-state index is 12.2. The number of hydrogen-bond acceptors (Lipinski definition) is 5. The van der Waals surface area contributed by atoms with Crippen LogP contribution in [0.1, 0.15) is 23.2 Å².